The van der Waals surface area contributed by atoms with Crippen molar-refractivity contribution in [2.75, 3.05) is 0 Å². The van der Waals surface area contributed by atoms with Crippen molar-refractivity contribution >= 4 is 0 Å². The molecule has 0 fully saturated rings. The predicted octanol–water partition coefficient (Wildman–Crippen LogP) is 2.94. The predicted molar refractivity (Wildman–Crippen MR) is 42.8 cm³/mol. The first-order valence-corrected chi connectivity index (χ1v) is 3.95. The number of rotatable bonds is 0. The Kier molecular flexibility index (Phi) is 2.52. The van der Waals surface area contributed by atoms with Crippen LogP contribution in [0.5, 0.6) is 0 Å². The lowest BCUT2D eigenvalue weighted by atomic mass is 9.87. The second kappa shape index (κ2) is 3.22. The highest BCUT2D eigenvalue weighted by Crippen LogP contribution is 2.28. The van der Waals surface area contributed by atoms with Gasteiger partial charge in [-0.05, 0) is 5.41 Å². The summed E-state index contributed by atoms with van der Waals surface area (Å²) < 4.78 is 51.3. The summed E-state index contributed by atoms with van der Waals surface area (Å²) in [6, 6.07) is 0. The van der Waals surface area contributed by atoms with E-state index in [2.05, 4.69) is 4.98 Å². The molecule has 1 heterocycles. The fraction of sp³-hybridized carbons (Fsp3) is 0.444. The zero-order valence-corrected chi connectivity index (χ0v) is 7.96. The number of pyridine rings is 1. The molecule has 0 radical (unpaired) electrons. The van der Waals surface area contributed by atoms with Gasteiger partial charge in [-0.3, -0.25) is 0 Å². The zero-order chi connectivity index (χ0) is 11.1. The minimum atomic E-state index is -1.76. The molecular weight excluding hydrogens is 198 g/mol. The molecule has 0 amide bonds. The fourth-order valence-corrected chi connectivity index (χ4v) is 1.12. The average Bonchev–Trinajstić information content (AvgIpc) is 1.97. The molecule has 0 saturated carbocycles. The van der Waals surface area contributed by atoms with E-state index in [-0.39, 0.29) is 0 Å². The molecule has 1 nitrogen and oxygen atoms in total. The molecule has 5 heteroatoms. The minimum Gasteiger partial charge on any atom is -0.203 e. The number of nitrogens with zero attached hydrogens (tertiary/aromatic N) is 1. The number of halogens is 4. The Labute approximate surface area is 78.8 Å². The van der Waals surface area contributed by atoms with Crippen LogP contribution < -0.4 is 0 Å². The Morgan fingerprint density at radius 1 is 0.857 bits per heavy atom. The highest BCUT2D eigenvalue weighted by Gasteiger charge is 2.28. The lowest BCUT2D eigenvalue weighted by molar-refractivity contribution is 0.370. The first-order chi connectivity index (χ1) is 6.25. The van der Waals surface area contributed by atoms with Gasteiger partial charge in [0.2, 0.25) is 11.8 Å². The van der Waals surface area contributed by atoms with Crippen LogP contribution in [-0.4, -0.2) is 4.98 Å². The minimum absolute atomic E-state index is 0.545. The molecule has 1 aromatic rings. The van der Waals surface area contributed by atoms with Gasteiger partial charge in [0.15, 0.2) is 5.82 Å². The van der Waals surface area contributed by atoms with Crippen LogP contribution in [0.3, 0.4) is 0 Å². The molecule has 1 aromatic heterocycles. The van der Waals surface area contributed by atoms with Crippen LogP contribution in [0.4, 0.5) is 17.6 Å². The molecule has 0 aliphatic carbocycles. The number of hydrogen-bond donors (Lipinski definition) is 0. The van der Waals surface area contributed by atoms with Gasteiger partial charge in [0, 0.05) is 0 Å². The average molecular weight is 207 g/mol. The maximum absolute atomic E-state index is 13.1. The topological polar surface area (TPSA) is 12.9 Å². The molecule has 1 rings (SSSR count). The van der Waals surface area contributed by atoms with Crippen molar-refractivity contribution < 1.29 is 17.6 Å². The van der Waals surface area contributed by atoms with Gasteiger partial charge in [-0.15, -0.1) is 0 Å². The van der Waals surface area contributed by atoms with E-state index >= 15 is 0 Å². The zero-order valence-electron chi connectivity index (χ0n) is 7.96. The summed E-state index contributed by atoms with van der Waals surface area (Å²) in [5, 5.41) is 0. The molecule has 0 N–H and O–H groups in total. The molecule has 0 atom stereocenters. The summed E-state index contributed by atoms with van der Waals surface area (Å²) in [7, 11) is 0. The van der Waals surface area contributed by atoms with Crippen molar-refractivity contribution in [2.45, 2.75) is 26.2 Å². The van der Waals surface area contributed by atoms with Gasteiger partial charge in [0.25, 0.3) is 5.95 Å². The van der Waals surface area contributed by atoms with Crippen molar-refractivity contribution in [3.05, 3.63) is 29.1 Å². The van der Waals surface area contributed by atoms with Crippen molar-refractivity contribution in [2.24, 2.45) is 0 Å². The van der Waals surface area contributed by atoms with Crippen molar-refractivity contribution in [1.29, 1.82) is 0 Å². The normalized spacial score (nSPS) is 11.9. The standard InChI is InChI=1S/C9H9F4N/c1-9(2,3)4-5(10)6(11)8(13)14-7(4)12/h1-3H3. The van der Waals surface area contributed by atoms with Gasteiger partial charge in [0.1, 0.15) is 0 Å². The van der Waals surface area contributed by atoms with Gasteiger partial charge in [0.05, 0.1) is 5.56 Å². The third-order valence-corrected chi connectivity index (χ3v) is 1.75. The molecule has 0 unspecified atom stereocenters. The molecule has 0 spiro atoms. The summed E-state index contributed by atoms with van der Waals surface area (Å²) in [4.78, 5) is 2.65. The van der Waals surface area contributed by atoms with Crippen LogP contribution in [0.15, 0.2) is 0 Å². The highest BCUT2D eigenvalue weighted by molar-refractivity contribution is 5.23. The summed E-state index contributed by atoms with van der Waals surface area (Å²) in [5.74, 6) is -6.32. The molecule has 0 saturated heterocycles. The Morgan fingerprint density at radius 3 is 1.79 bits per heavy atom. The van der Waals surface area contributed by atoms with Gasteiger partial charge >= 0.3 is 0 Å². The van der Waals surface area contributed by atoms with Crippen molar-refractivity contribution in [3.8, 4) is 0 Å². The lowest BCUT2D eigenvalue weighted by Crippen LogP contribution is -2.19. The van der Waals surface area contributed by atoms with Gasteiger partial charge in [-0.25, -0.2) is 4.39 Å². The number of hydrogen-bond acceptors (Lipinski definition) is 1. The first-order valence-electron chi connectivity index (χ1n) is 3.95. The molecular formula is C9H9F4N. The maximum atomic E-state index is 13.1. The molecule has 0 bridgehead atoms. The third kappa shape index (κ3) is 1.71. The van der Waals surface area contributed by atoms with Crippen LogP contribution >= 0.6 is 0 Å². The van der Waals surface area contributed by atoms with E-state index in [1.54, 1.807) is 0 Å². The Hall–Kier alpha value is -1.13. The third-order valence-electron chi connectivity index (χ3n) is 1.75. The Balaban J connectivity index is 3.53. The summed E-state index contributed by atoms with van der Waals surface area (Å²) in [6.45, 7) is 4.44. The fourth-order valence-electron chi connectivity index (χ4n) is 1.12. The van der Waals surface area contributed by atoms with E-state index < -0.39 is 34.5 Å². The van der Waals surface area contributed by atoms with E-state index in [4.69, 9.17) is 0 Å². The van der Waals surface area contributed by atoms with E-state index in [1.807, 2.05) is 0 Å². The Morgan fingerprint density at radius 2 is 1.36 bits per heavy atom. The van der Waals surface area contributed by atoms with E-state index in [9.17, 15) is 17.6 Å². The summed E-state index contributed by atoms with van der Waals surface area (Å²) in [5.41, 5.74) is -1.51. The second-order valence-electron chi connectivity index (χ2n) is 3.95. The largest absolute Gasteiger partial charge is 0.254 e. The quantitative estimate of drug-likeness (QED) is 0.470. The monoisotopic (exact) mass is 207 g/mol. The lowest BCUT2D eigenvalue weighted by Gasteiger charge is -2.19. The summed E-state index contributed by atoms with van der Waals surface area (Å²) in [6.07, 6.45) is 0. The van der Waals surface area contributed by atoms with Crippen LogP contribution in [-0.2, 0) is 5.41 Å². The summed E-state index contributed by atoms with van der Waals surface area (Å²) >= 11 is 0. The maximum Gasteiger partial charge on any atom is 0.254 e. The van der Waals surface area contributed by atoms with Gasteiger partial charge < -0.3 is 0 Å². The first kappa shape index (κ1) is 10.9. The molecule has 0 aliphatic heterocycles. The van der Waals surface area contributed by atoms with Gasteiger partial charge in [-0.1, -0.05) is 20.8 Å². The Bertz CT molecular complexity index is 368. The molecule has 78 valence electrons. The van der Waals surface area contributed by atoms with Crippen molar-refractivity contribution in [3.63, 3.8) is 0 Å². The van der Waals surface area contributed by atoms with Gasteiger partial charge in [-0.2, -0.15) is 18.2 Å². The highest BCUT2D eigenvalue weighted by atomic mass is 19.2. The molecule has 14 heavy (non-hydrogen) atoms. The van der Waals surface area contributed by atoms with Crippen LogP contribution in [0.1, 0.15) is 26.3 Å². The van der Waals surface area contributed by atoms with E-state index in [0.717, 1.165) is 0 Å². The SMILES string of the molecule is CC(C)(C)c1c(F)nc(F)c(F)c1F. The molecule has 0 aliphatic rings. The van der Waals surface area contributed by atoms with E-state index in [0.29, 0.717) is 0 Å². The van der Waals surface area contributed by atoms with Crippen LogP contribution in [0, 0.1) is 23.5 Å². The number of aromatic nitrogens is 1. The molecule has 0 aromatic carbocycles. The van der Waals surface area contributed by atoms with Crippen LogP contribution in [0.2, 0.25) is 0 Å². The second-order valence-corrected chi connectivity index (χ2v) is 3.95. The smallest absolute Gasteiger partial charge is 0.203 e. The van der Waals surface area contributed by atoms with Crippen LogP contribution in [0.25, 0.3) is 0 Å². The van der Waals surface area contributed by atoms with Crippen molar-refractivity contribution in [1.82, 2.24) is 4.98 Å². The van der Waals surface area contributed by atoms with E-state index in [1.165, 1.54) is 20.8 Å².